The molecule has 5 heteroatoms. The first-order chi connectivity index (χ1) is 12.6. The minimum atomic E-state index is -0.500. The van der Waals surface area contributed by atoms with Crippen LogP contribution in [0.4, 0.5) is 0 Å². The van der Waals surface area contributed by atoms with E-state index in [1.807, 2.05) is 55.5 Å². The summed E-state index contributed by atoms with van der Waals surface area (Å²) in [7, 11) is 0. The largest absolute Gasteiger partial charge is 0.461 e. The molecule has 1 aromatic heterocycles. The van der Waals surface area contributed by atoms with Gasteiger partial charge >= 0.3 is 0 Å². The molecule has 1 fully saturated rings. The summed E-state index contributed by atoms with van der Waals surface area (Å²) in [5.41, 5.74) is 2.37. The predicted molar refractivity (Wildman–Crippen MR) is 98.9 cm³/mol. The average molecular weight is 348 g/mol. The third-order valence-corrected chi connectivity index (χ3v) is 4.75. The Bertz CT molecular complexity index is 962. The minimum Gasteiger partial charge on any atom is -0.461 e. The Kier molecular flexibility index (Phi) is 4.21. The number of amides is 2. The van der Waals surface area contributed by atoms with E-state index in [0.29, 0.717) is 25.1 Å². The summed E-state index contributed by atoms with van der Waals surface area (Å²) in [5, 5.41) is 3.77. The number of carbonyl (C=O) groups excluding carboxylic acids is 2. The van der Waals surface area contributed by atoms with Crippen molar-refractivity contribution in [3.05, 3.63) is 71.5 Å². The summed E-state index contributed by atoms with van der Waals surface area (Å²) in [6, 6.07) is 16.6. The number of hydrogen-bond donors (Lipinski definition) is 1. The number of piperazine rings is 1. The molecule has 0 bridgehead atoms. The molecule has 1 saturated heterocycles. The molecule has 0 unspecified atom stereocenters. The van der Waals surface area contributed by atoms with Gasteiger partial charge in [-0.1, -0.05) is 30.3 Å². The number of nitrogens with zero attached hydrogens (tertiary/aromatic N) is 1. The standard InChI is InChI=1S/C21H20N2O3/c1-14-11-17-13-16(7-8-19(17)26-14)21(25)23-10-9-22-20(24)18(23)12-15-5-3-2-4-6-15/h2-8,11,13,18H,9-10,12H2,1H3,(H,22,24)/t18-/m1/s1. The summed E-state index contributed by atoms with van der Waals surface area (Å²) in [5.74, 6) is 0.583. The van der Waals surface area contributed by atoms with Gasteiger partial charge in [-0.15, -0.1) is 0 Å². The van der Waals surface area contributed by atoms with Crippen LogP contribution in [-0.4, -0.2) is 35.8 Å². The molecule has 2 aromatic carbocycles. The zero-order valence-electron chi connectivity index (χ0n) is 14.6. The molecule has 1 N–H and O–H groups in total. The molecular weight excluding hydrogens is 328 g/mol. The Hall–Kier alpha value is -3.08. The lowest BCUT2D eigenvalue weighted by molar-refractivity contribution is -0.127. The van der Waals surface area contributed by atoms with Crippen LogP contribution in [0.1, 0.15) is 21.7 Å². The van der Waals surface area contributed by atoms with Gasteiger partial charge in [-0.2, -0.15) is 0 Å². The number of nitrogens with one attached hydrogen (secondary N) is 1. The molecule has 0 aliphatic carbocycles. The normalized spacial score (nSPS) is 17.3. The Morgan fingerprint density at radius 3 is 2.81 bits per heavy atom. The van der Waals surface area contributed by atoms with Gasteiger partial charge in [0.1, 0.15) is 17.4 Å². The summed E-state index contributed by atoms with van der Waals surface area (Å²) in [6.07, 6.45) is 0.505. The predicted octanol–water partition coefficient (Wildman–Crippen LogP) is 2.92. The van der Waals surface area contributed by atoms with Gasteiger partial charge in [0.2, 0.25) is 5.91 Å². The maximum Gasteiger partial charge on any atom is 0.254 e. The maximum atomic E-state index is 13.1. The van der Waals surface area contributed by atoms with Crippen molar-refractivity contribution in [1.29, 1.82) is 0 Å². The molecule has 2 heterocycles. The second-order valence-electron chi connectivity index (χ2n) is 6.60. The van der Waals surface area contributed by atoms with E-state index < -0.39 is 6.04 Å². The maximum absolute atomic E-state index is 13.1. The third kappa shape index (κ3) is 3.08. The number of rotatable bonds is 3. The van der Waals surface area contributed by atoms with Crippen LogP contribution >= 0.6 is 0 Å². The van der Waals surface area contributed by atoms with Crippen molar-refractivity contribution in [2.75, 3.05) is 13.1 Å². The van der Waals surface area contributed by atoms with E-state index in [-0.39, 0.29) is 11.8 Å². The Labute approximate surface area is 151 Å². The van der Waals surface area contributed by atoms with E-state index in [4.69, 9.17) is 4.42 Å². The first-order valence-electron chi connectivity index (χ1n) is 8.74. The van der Waals surface area contributed by atoms with Gasteiger partial charge in [0.05, 0.1) is 0 Å². The fourth-order valence-corrected chi connectivity index (χ4v) is 3.47. The van der Waals surface area contributed by atoms with Gasteiger partial charge in [0.25, 0.3) is 5.91 Å². The van der Waals surface area contributed by atoms with Crippen molar-refractivity contribution in [3.63, 3.8) is 0 Å². The molecule has 2 amide bonds. The lowest BCUT2D eigenvalue weighted by Crippen LogP contribution is -2.58. The van der Waals surface area contributed by atoms with Gasteiger partial charge < -0.3 is 14.6 Å². The summed E-state index contributed by atoms with van der Waals surface area (Å²) in [6.45, 7) is 2.86. The summed E-state index contributed by atoms with van der Waals surface area (Å²) in [4.78, 5) is 27.2. The van der Waals surface area contributed by atoms with Crippen molar-refractivity contribution in [1.82, 2.24) is 10.2 Å². The van der Waals surface area contributed by atoms with E-state index in [1.165, 1.54) is 0 Å². The highest BCUT2D eigenvalue weighted by molar-refractivity contribution is 6.00. The van der Waals surface area contributed by atoms with Crippen LogP contribution in [0.2, 0.25) is 0 Å². The second kappa shape index (κ2) is 6.67. The van der Waals surface area contributed by atoms with Crippen LogP contribution in [0.25, 0.3) is 11.0 Å². The Balaban J connectivity index is 1.63. The van der Waals surface area contributed by atoms with Crippen molar-refractivity contribution >= 4 is 22.8 Å². The highest BCUT2D eigenvalue weighted by Crippen LogP contribution is 2.22. The topological polar surface area (TPSA) is 62.6 Å². The molecule has 3 aromatic rings. The highest BCUT2D eigenvalue weighted by Gasteiger charge is 2.33. The molecule has 0 saturated carbocycles. The van der Waals surface area contributed by atoms with Gasteiger partial charge in [0, 0.05) is 30.5 Å². The third-order valence-electron chi connectivity index (χ3n) is 4.75. The smallest absolute Gasteiger partial charge is 0.254 e. The van der Waals surface area contributed by atoms with Gasteiger partial charge in [-0.25, -0.2) is 0 Å². The van der Waals surface area contributed by atoms with Crippen LogP contribution in [-0.2, 0) is 11.2 Å². The number of furan rings is 1. The van der Waals surface area contributed by atoms with Crippen molar-refractivity contribution in [2.45, 2.75) is 19.4 Å². The first kappa shape index (κ1) is 16.4. The van der Waals surface area contributed by atoms with Gasteiger partial charge in [-0.05, 0) is 36.8 Å². The monoisotopic (exact) mass is 348 g/mol. The zero-order chi connectivity index (χ0) is 18.1. The van der Waals surface area contributed by atoms with Gasteiger partial charge in [-0.3, -0.25) is 9.59 Å². The van der Waals surface area contributed by atoms with E-state index >= 15 is 0 Å². The van der Waals surface area contributed by atoms with Crippen LogP contribution in [0.5, 0.6) is 0 Å². The van der Waals surface area contributed by atoms with Gasteiger partial charge in [0.15, 0.2) is 0 Å². The highest BCUT2D eigenvalue weighted by atomic mass is 16.3. The lowest BCUT2D eigenvalue weighted by atomic mass is 10.0. The molecule has 26 heavy (non-hydrogen) atoms. The Morgan fingerprint density at radius 2 is 2.00 bits per heavy atom. The fourth-order valence-electron chi connectivity index (χ4n) is 3.47. The minimum absolute atomic E-state index is 0.103. The lowest BCUT2D eigenvalue weighted by Gasteiger charge is -2.35. The van der Waals surface area contributed by atoms with Crippen LogP contribution < -0.4 is 5.32 Å². The molecule has 0 spiro atoms. The molecular formula is C21H20N2O3. The van der Waals surface area contributed by atoms with E-state index in [0.717, 1.165) is 22.3 Å². The number of aryl methyl sites for hydroxylation is 1. The van der Waals surface area contributed by atoms with E-state index in [2.05, 4.69) is 5.32 Å². The van der Waals surface area contributed by atoms with E-state index in [1.54, 1.807) is 11.0 Å². The molecule has 4 rings (SSSR count). The molecule has 1 aliphatic rings. The number of carbonyl (C=O) groups is 2. The number of hydrogen-bond acceptors (Lipinski definition) is 3. The SMILES string of the molecule is Cc1cc2cc(C(=O)N3CCNC(=O)[C@H]3Cc3ccccc3)ccc2o1. The summed E-state index contributed by atoms with van der Waals surface area (Å²) >= 11 is 0. The quantitative estimate of drug-likeness (QED) is 0.792. The van der Waals surface area contributed by atoms with Crippen molar-refractivity contribution in [2.24, 2.45) is 0 Å². The summed E-state index contributed by atoms with van der Waals surface area (Å²) < 4.78 is 5.58. The van der Waals surface area contributed by atoms with Crippen molar-refractivity contribution in [3.8, 4) is 0 Å². The van der Waals surface area contributed by atoms with Crippen LogP contribution in [0.15, 0.2) is 59.0 Å². The molecule has 1 aliphatic heterocycles. The molecule has 0 radical (unpaired) electrons. The van der Waals surface area contributed by atoms with Crippen molar-refractivity contribution < 1.29 is 14.0 Å². The number of benzene rings is 2. The first-order valence-corrected chi connectivity index (χ1v) is 8.74. The fraction of sp³-hybridized carbons (Fsp3) is 0.238. The zero-order valence-corrected chi connectivity index (χ0v) is 14.6. The Morgan fingerprint density at radius 1 is 1.19 bits per heavy atom. The second-order valence-corrected chi connectivity index (χ2v) is 6.60. The number of fused-ring (bicyclic) bond motifs is 1. The van der Waals surface area contributed by atoms with Crippen LogP contribution in [0, 0.1) is 6.92 Å². The molecule has 132 valence electrons. The molecule has 1 atom stereocenters. The van der Waals surface area contributed by atoms with Crippen LogP contribution in [0.3, 0.4) is 0 Å². The average Bonchev–Trinajstić information content (AvgIpc) is 3.03. The molecule has 5 nitrogen and oxygen atoms in total. The van der Waals surface area contributed by atoms with E-state index in [9.17, 15) is 9.59 Å².